The molecule has 0 radical (unpaired) electrons. The van der Waals surface area contributed by atoms with Crippen molar-refractivity contribution in [1.82, 2.24) is 15.1 Å². The molecule has 0 unspecified atom stereocenters. The Kier molecular flexibility index (Phi) is 3.89. The lowest BCUT2D eigenvalue weighted by molar-refractivity contribution is -0.126. The molecule has 4 heteroatoms. The summed E-state index contributed by atoms with van der Waals surface area (Å²) >= 11 is 0. The van der Waals surface area contributed by atoms with Crippen molar-refractivity contribution in [3.63, 3.8) is 0 Å². The van der Waals surface area contributed by atoms with Gasteiger partial charge in [-0.15, -0.1) is 0 Å². The van der Waals surface area contributed by atoms with Gasteiger partial charge in [0.2, 0.25) is 5.91 Å². The van der Waals surface area contributed by atoms with Crippen molar-refractivity contribution in [3.05, 3.63) is 12.2 Å². The molecule has 19 heavy (non-hydrogen) atoms. The molecule has 0 aromatic rings. The van der Waals surface area contributed by atoms with Gasteiger partial charge >= 0.3 is 0 Å². The number of piperidine rings is 1. The highest BCUT2D eigenvalue weighted by molar-refractivity contribution is 5.81. The summed E-state index contributed by atoms with van der Waals surface area (Å²) in [6, 6.07) is 1.23. The maximum Gasteiger partial charge on any atom is 0.237 e. The van der Waals surface area contributed by atoms with Gasteiger partial charge in [0.1, 0.15) is 0 Å². The number of amides is 1. The van der Waals surface area contributed by atoms with Crippen LogP contribution in [-0.2, 0) is 4.79 Å². The number of carbonyl (C=O) groups is 1. The maximum absolute atomic E-state index is 12.1. The molecule has 2 aliphatic heterocycles. The summed E-state index contributed by atoms with van der Waals surface area (Å²) in [5, 5.41) is 3.12. The lowest BCUT2D eigenvalue weighted by Gasteiger charge is -2.38. The molecule has 2 fully saturated rings. The molecule has 1 N–H and O–H groups in total. The van der Waals surface area contributed by atoms with E-state index in [1.165, 1.54) is 25.7 Å². The predicted molar refractivity (Wildman–Crippen MR) is 75.9 cm³/mol. The zero-order chi connectivity index (χ0) is 13.2. The maximum atomic E-state index is 12.1. The molecular weight excluding hydrogens is 238 g/mol. The Hall–Kier alpha value is -0.870. The summed E-state index contributed by atoms with van der Waals surface area (Å²) in [6.45, 7) is 6.39. The zero-order valence-electron chi connectivity index (χ0n) is 11.8. The number of nitrogens with one attached hydrogen (secondary N) is 1. The van der Waals surface area contributed by atoms with E-state index in [2.05, 4.69) is 34.2 Å². The molecule has 106 valence electrons. The van der Waals surface area contributed by atoms with E-state index in [1.54, 1.807) is 0 Å². The van der Waals surface area contributed by atoms with Crippen molar-refractivity contribution in [2.75, 3.05) is 26.2 Å². The molecule has 3 aliphatic rings. The van der Waals surface area contributed by atoms with Crippen LogP contribution in [0.3, 0.4) is 0 Å². The number of nitrogens with zero attached hydrogens (tertiary/aromatic N) is 2. The summed E-state index contributed by atoms with van der Waals surface area (Å²) in [5.41, 5.74) is 0. The second kappa shape index (κ2) is 5.63. The van der Waals surface area contributed by atoms with Crippen molar-refractivity contribution in [2.24, 2.45) is 0 Å². The quantitative estimate of drug-likeness (QED) is 0.768. The van der Waals surface area contributed by atoms with Crippen molar-refractivity contribution in [3.8, 4) is 0 Å². The standard InChI is InChI=1S/C15H25N3O/c1-12(15(19)16-13-4-5-13)17-10-6-14(7-11-17)18-8-2-3-9-18/h2-3,12-14H,4-11H2,1H3,(H,16,19)/t12-/m0/s1. The minimum atomic E-state index is 0.0400. The molecule has 1 saturated heterocycles. The summed E-state index contributed by atoms with van der Waals surface area (Å²) in [7, 11) is 0. The highest BCUT2D eigenvalue weighted by Crippen LogP contribution is 2.22. The molecule has 1 saturated carbocycles. The zero-order valence-corrected chi connectivity index (χ0v) is 11.8. The summed E-state index contributed by atoms with van der Waals surface area (Å²) in [4.78, 5) is 17.0. The van der Waals surface area contributed by atoms with E-state index in [-0.39, 0.29) is 11.9 Å². The van der Waals surface area contributed by atoms with Crippen LogP contribution in [0.5, 0.6) is 0 Å². The molecule has 4 nitrogen and oxygen atoms in total. The van der Waals surface area contributed by atoms with E-state index in [0.717, 1.165) is 26.2 Å². The van der Waals surface area contributed by atoms with Gasteiger partial charge in [0.15, 0.2) is 0 Å². The molecule has 0 aromatic heterocycles. The summed E-state index contributed by atoms with van der Waals surface area (Å²) in [5.74, 6) is 0.226. The monoisotopic (exact) mass is 263 g/mol. The SMILES string of the molecule is C[C@@H](C(=O)NC1CC1)N1CCC(N2CC=CC2)CC1. The minimum Gasteiger partial charge on any atom is -0.352 e. The van der Waals surface area contributed by atoms with E-state index in [0.29, 0.717) is 12.1 Å². The minimum absolute atomic E-state index is 0.0400. The molecule has 0 spiro atoms. The lowest BCUT2D eigenvalue weighted by atomic mass is 10.0. The number of hydrogen-bond acceptors (Lipinski definition) is 3. The van der Waals surface area contributed by atoms with Gasteiger partial charge in [0, 0.05) is 38.3 Å². The van der Waals surface area contributed by atoms with E-state index < -0.39 is 0 Å². The Morgan fingerprint density at radius 3 is 2.37 bits per heavy atom. The largest absolute Gasteiger partial charge is 0.352 e. The molecule has 1 amide bonds. The first kappa shape index (κ1) is 13.1. The fourth-order valence-electron chi connectivity index (χ4n) is 3.15. The fourth-order valence-corrected chi connectivity index (χ4v) is 3.15. The second-order valence-corrected chi connectivity index (χ2v) is 6.15. The molecule has 0 bridgehead atoms. The second-order valence-electron chi connectivity index (χ2n) is 6.15. The summed E-state index contributed by atoms with van der Waals surface area (Å²) in [6.07, 6.45) is 9.26. The molecule has 0 aromatic carbocycles. The Bertz CT molecular complexity index is 348. The number of carbonyl (C=O) groups excluding carboxylic acids is 1. The molecule has 1 atom stereocenters. The Labute approximate surface area is 115 Å². The average molecular weight is 263 g/mol. The van der Waals surface area contributed by atoms with Gasteiger partial charge in [-0.2, -0.15) is 0 Å². The Morgan fingerprint density at radius 2 is 1.79 bits per heavy atom. The number of rotatable bonds is 4. The van der Waals surface area contributed by atoms with Crippen LogP contribution in [0.15, 0.2) is 12.2 Å². The van der Waals surface area contributed by atoms with Crippen LogP contribution < -0.4 is 5.32 Å². The molecular formula is C15H25N3O. The first-order valence-corrected chi connectivity index (χ1v) is 7.67. The Morgan fingerprint density at radius 1 is 1.16 bits per heavy atom. The topological polar surface area (TPSA) is 35.6 Å². The van der Waals surface area contributed by atoms with Crippen molar-refractivity contribution >= 4 is 5.91 Å². The van der Waals surface area contributed by atoms with E-state index in [9.17, 15) is 4.79 Å². The van der Waals surface area contributed by atoms with Crippen molar-refractivity contribution in [1.29, 1.82) is 0 Å². The van der Waals surface area contributed by atoms with Crippen molar-refractivity contribution < 1.29 is 4.79 Å². The third-order valence-corrected chi connectivity index (χ3v) is 4.71. The fraction of sp³-hybridized carbons (Fsp3) is 0.800. The van der Waals surface area contributed by atoms with E-state index in [4.69, 9.17) is 0 Å². The van der Waals surface area contributed by atoms with Crippen LogP contribution in [0.4, 0.5) is 0 Å². The van der Waals surface area contributed by atoms with Gasteiger partial charge in [-0.05, 0) is 32.6 Å². The third-order valence-electron chi connectivity index (χ3n) is 4.71. The van der Waals surface area contributed by atoms with E-state index >= 15 is 0 Å². The molecule has 2 heterocycles. The van der Waals surface area contributed by atoms with Gasteiger partial charge in [0.05, 0.1) is 6.04 Å². The first-order chi connectivity index (χ1) is 9.24. The highest BCUT2D eigenvalue weighted by Gasteiger charge is 2.31. The van der Waals surface area contributed by atoms with Crippen LogP contribution in [0.2, 0.25) is 0 Å². The van der Waals surface area contributed by atoms with Crippen molar-refractivity contribution in [2.45, 2.75) is 50.7 Å². The normalized spacial score (nSPS) is 27.6. The third kappa shape index (κ3) is 3.18. The van der Waals surface area contributed by atoms with Gasteiger partial charge in [-0.25, -0.2) is 0 Å². The predicted octanol–water partition coefficient (Wildman–Crippen LogP) is 0.990. The van der Waals surface area contributed by atoms with Crippen LogP contribution in [0.25, 0.3) is 0 Å². The number of hydrogen-bond donors (Lipinski definition) is 1. The van der Waals surface area contributed by atoms with Crippen LogP contribution in [0, 0.1) is 0 Å². The highest BCUT2D eigenvalue weighted by atomic mass is 16.2. The van der Waals surface area contributed by atoms with E-state index in [1.807, 2.05) is 0 Å². The van der Waals surface area contributed by atoms with Crippen LogP contribution in [0.1, 0.15) is 32.6 Å². The van der Waals surface area contributed by atoms with Gasteiger partial charge in [0.25, 0.3) is 0 Å². The molecule has 3 rings (SSSR count). The number of likely N-dealkylation sites (tertiary alicyclic amines) is 1. The molecule has 1 aliphatic carbocycles. The smallest absolute Gasteiger partial charge is 0.237 e. The summed E-state index contributed by atoms with van der Waals surface area (Å²) < 4.78 is 0. The first-order valence-electron chi connectivity index (χ1n) is 7.67. The average Bonchev–Trinajstić information content (AvgIpc) is 3.08. The van der Waals surface area contributed by atoms with Gasteiger partial charge in [-0.3, -0.25) is 14.6 Å². The Balaban J connectivity index is 1.44. The van der Waals surface area contributed by atoms with Gasteiger partial charge in [-0.1, -0.05) is 12.2 Å². The van der Waals surface area contributed by atoms with Crippen LogP contribution in [-0.4, -0.2) is 60.0 Å². The van der Waals surface area contributed by atoms with Gasteiger partial charge < -0.3 is 5.32 Å². The van der Waals surface area contributed by atoms with Crippen LogP contribution >= 0.6 is 0 Å². The lowest BCUT2D eigenvalue weighted by Crippen LogP contribution is -2.51.